The summed E-state index contributed by atoms with van der Waals surface area (Å²) in [5.74, 6) is 0. The second kappa shape index (κ2) is 7.29. The Hall–Kier alpha value is -0.0800. The van der Waals surface area contributed by atoms with E-state index in [4.69, 9.17) is 0 Å². The lowest BCUT2D eigenvalue weighted by Crippen LogP contribution is -2.56. The van der Waals surface area contributed by atoms with E-state index in [-0.39, 0.29) is 0 Å². The molecule has 0 aromatic rings. The normalized spacial score (nSPS) is 18.2. The van der Waals surface area contributed by atoms with Crippen molar-refractivity contribution in [1.29, 1.82) is 0 Å². The summed E-state index contributed by atoms with van der Waals surface area (Å²) in [5.41, 5.74) is 0.298. The van der Waals surface area contributed by atoms with Gasteiger partial charge in [-0.25, -0.2) is 0 Å². The van der Waals surface area contributed by atoms with Crippen molar-refractivity contribution in [2.75, 3.05) is 0 Å². The van der Waals surface area contributed by atoms with E-state index in [2.05, 4.69) is 59.1 Å². The molecule has 2 atom stereocenters. The van der Waals surface area contributed by atoms with Gasteiger partial charge in [0.25, 0.3) is 0 Å². The maximum absolute atomic E-state index is 3.71. The van der Waals surface area contributed by atoms with Gasteiger partial charge in [-0.1, -0.05) is 34.6 Å². The zero-order valence-electron chi connectivity index (χ0n) is 12.4. The van der Waals surface area contributed by atoms with Crippen LogP contribution in [0.1, 0.15) is 67.7 Å². The number of nitrogens with one attached hydrogen (secondary N) is 2. The molecule has 0 saturated carbocycles. The van der Waals surface area contributed by atoms with Gasteiger partial charge in [-0.3, -0.25) is 10.6 Å². The van der Waals surface area contributed by atoms with Crippen LogP contribution in [0.2, 0.25) is 0 Å². The average molecular weight is 228 g/mol. The first-order chi connectivity index (χ1) is 7.37. The van der Waals surface area contributed by atoms with Gasteiger partial charge >= 0.3 is 0 Å². The summed E-state index contributed by atoms with van der Waals surface area (Å²) in [6.45, 7) is 15.9. The van der Waals surface area contributed by atoms with Crippen LogP contribution < -0.4 is 10.6 Å². The van der Waals surface area contributed by atoms with Gasteiger partial charge in [0.05, 0.1) is 6.17 Å². The molecule has 0 heterocycles. The molecule has 0 rings (SSSR count). The molecule has 0 bridgehead atoms. The van der Waals surface area contributed by atoms with Crippen molar-refractivity contribution in [2.45, 2.75) is 86.0 Å². The van der Waals surface area contributed by atoms with Crippen LogP contribution in [-0.2, 0) is 0 Å². The third kappa shape index (κ3) is 5.31. The lowest BCUT2D eigenvalue weighted by atomic mass is 9.85. The van der Waals surface area contributed by atoms with Crippen molar-refractivity contribution in [3.63, 3.8) is 0 Å². The maximum Gasteiger partial charge on any atom is 0.0628 e. The minimum Gasteiger partial charge on any atom is -0.299 e. The molecule has 2 nitrogen and oxygen atoms in total. The summed E-state index contributed by atoms with van der Waals surface area (Å²) < 4.78 is 0. The molecule has 16 heavy (non-hydrogen) atoms. The zero-order chi connectivity index (χ0) is 12.8. The summed E-state index contributed by atoms with van der Waals surface area (Å²) in [5, 5.41) is 7.42. The third-order valence-electron chi connectivity index (χ3n) is 3.82. The Kier molecular flexibility index (Phi) is 7.25. The molecule has 2 unspecified atom stereocenters. The monoisotopic (exact) mass is 228 g/mol. The van der Waals surface area contributed by atoms with Crippen LogP contribution in [-0.4, -0.2) is 18.2 Å². The number of hydrogen-bond donors (Lipinski definition) is 2. The van der Waals surface area contributed by atoms with Gasteiger partial charge in [0.1, 0.15) is 0 Å². The highest BCUT2D eigenvalue weighted by molar-refractivity contribution is 4.84. The first-order valence-corrected chi connectivity index (χ1v) is 6.89. The smallest absolute Gasteiger partial charge is 0.0628 e. The molecular formula is C14H32N2. The summed E-state index contributed by atoms with van der Waals surface area (Å²) in [6.07, 6.45) is 3.95. The molecule has 0 aliphatic heterocycles. The largest absolute Gasteiger partial charge is 0.299 e. The molecule has 0 aromatic carbocycles. The third-order valence-corrected chi connectivity index (χ3v) is 3.82. The molecule has 0 aliphatic carbocycles. The lowest BCUT2D eigenvalue weighted by Gasteiger charge is -2.38. The Morgan fingerprint density at radius 1 is 0.875 bits per heavy atom. The second-order valence-electron chi connectivity index (χ2n) is 5.73. The molecule has 2 heteroatoms. The topological polar surface area (TPSA) is 24.1 Å². The number of rotatable bonds is 8. The van der Waals surface area contributed by atoms with Gasteiger partial charge in [0.15, 0.2) is 0 Å². The Morgan fingerprint density at radius 2 is 1.25 bits per heavy atom. The van der Waals surface area contributed by atoms with Crippen molar-refractivity contribution in [2.24, 2.45) is 5.41 Å². The fourth-order valence-electron chi connectivity index (χ4n) is 1.51. The van der Waals surface area contributed by atoms with Crippen LogP contribution in [0.3, 0.4) is 0 Å². The molecule has 2 N–H and O–H groups in total. The molecular weight excluding hydrogens is 196 g/mol. The lowest BCUT2D eigenvalue weighted by molar-refractivity contribution is 0.167. The van der Waals surface area contributed by atoms with Gasteiger partial charge in [0.2, 0.25) is 0 Å². The fraction of sp³-hybridized carbons (Fsp3) is 1.00. The summed E-state index contributed by atoms with van der Waals surface area (Å²) in [6, 6.07) is 1.15. The minimum atomic E-state index is 0.298. The predicted octanol–water partition coefficient (Wildman–Crippen LogP) is 3.52. The van der Waals surface area contributed by atoms with Gasteiger partial charge in [0, 0.05) is 12.1 Å². The molecule has 0 spiro atoms. The molecule has 0 saturated heterocycles. The van der Waals surface area contributed by atoms with Gasteiger partial charge in [-0.2, -0.15) is 0 Å². The molecule has 0 amide bonds. The highest BCUT2D eigenvalue weighted by Crippen LogP contribution is 2.24. The van der Waals surface area contributed by atoms with E-state index >= 15 is 0 Å². The van der Waals surface area contributed by atoms with Crippen molar-refractivity contribution in [3.05, 3.63) is 0 Å². The van der Waals surface area contributed by atoms with Crippen molar-refractivity contribution >= 4 is 0 Å². The summed E-state index contributed by atoms with van der Waals surface area (Å²) in [7, 11) is 0. The van der Waals surface area contributed by atoms with Gasteiger partial charge in [-0.15, -0.1) is 0 Å². The first-order valence-electron chi connectivity index (χ1n) is 6.89. The van der Waals surface area contributed by atoms with Crippen LogP contribution in [0.4, 0.5) is 0 Å². The molecule has 0 fully saturated rings. The molecule has 0 radical (unpaired) electrons. The van der Waals surface area contributed by atoms with Crippen LogP contribution in [0.15, 0.2) is 0 Å². The first kappa shape index (κ1) is 15.9. The van der Waals surface area contributed by atoms with E-state index in [0.29, 0.717) is 23.7 Å². The summed E-state index contributed by atoms with van der Waals surface area (Å²) in [4.78, 5) is 0. The van der Waals surface area contributed by atoms with E-state index in [1.165, 1.54) is 19.3 Å². The molecule has 0 aliphatic rings. The number of hydrogen-bond acceptors (Lipinski definition) is 2. The Morgan fingerprint density at radius 3 is 1.50 bits per heavy atom. The van der Waals surface area contributed by atoms with E-state index < -0.39 is 0 Å². The zero-order valence-corrected chi connectivity index (χ0v) is 12.4. The minimum absolute atomic E-state index is 0.298. The highest BCUT2D eigenvalue weighted by atomic mass is 15.2. The van der Waals surface area contributed by atoms with E-state index in [1.807, 2.05) is 0 Å². The van der Waals surface area contributed by atoms with Crippen molar-refractivity contribution in [1.82, 2.24) is 10.6 Å². The molecule has 0 aromatic heterocycles. The highest BCUT2D eigenvalue weighted by Gasteiger charge is 2.28. The quantitative estimate of drug-likeness (QED) is 0.621. The Labute approximate surface area is 103 Å². The molecule has 98 valence electrons. The van der Waals surface area contributed by atoms with E-state index in [9.17, 15) is 0 Å². The Balaban J connectivity index is 4.50. The van der Waals surface area contributed by atoms with Crippen LogP contribution >= 0.6 is 0 Å². The standard InChI is InChI=1S/C14H32N2/c1-8-11(4)15-13(14(6,7)10-3)16-12(5)9-2/h11-13,15-16H,8-10H2,1-7H3. The van der Waals surface area contributed by atoms with Crippen LogP contribution in [0.25, 0.3) is 0 Å². The van der Waals surface area contributed by atoms with Gasteiger partial charge in [-0.05, 0) is 38.5 Å². The average Bonchev–Trinajstić information content (AvgIpc) is 2.27. The predicted molar refractivity (Wildman–Crippen MR) is 73.6 cm³/mol. The van der Waals surface area contributed by atoms with Crippen LogP contribution in [0, 0.1) is 5.41 Å². The van der Waals surface area contributed by atoms with Crippen LogP contribution in [0.5, 0.6) is 0 Å². The second-order valence-corrected chi connectivity index (χ2v) is 5.73. The van der Waals surface area contributed by atoms with Crippen molar-refractivity contribution in [3.8, 4) is 0 Å². The van der Waals surface area contributed by atoms with Crippen molar-refractivity contribution < 1.29 is 0 Å². The summed E-state index contributed by atoms with van der Waals surface area (Å²) >= 11 is 0. The van der Waals surface area contributed by atoms with E-state index in [1.54, 1.807) is 0 Å². The van der Waals surface area contributed by atoms with Gasteiger partial charge < -0.3 is 0 Å². The Bertz CT molecular complexity index is 166. The van der Waals surface area contributed by atoms with E-state index in [0.717, 1.165) is 0 Å². The SMILES string of the molecule is CCC(C)NC(NC(C)CC)C(C)(C)CC. The maximum atomic E-state index is 3.71. The fourth-order valence-corrected chi connectivity index (χ4v) is 1.51.